The summed E-state index contributed by atoms with van der Waals surface area (Å²) in [5.41, 5.74) is 0. The Morgan fingerprint density at radius 2 is 2.12 bits per heavy atom. The van der Waals surface area contributed by atoms with Crippen molar-refractivity contribution in [2.75, 3.05) is 7.11 Å². The Hall–Kier alpha value is -0.770. The third-order valence-corrected chi connectivity index (χ3v) is 0.628. The summed E-state index contributed by atoms with van der Waals surface area (Å²) in [5.74, 6) is -1.96. The summed E-state index contributed by atoms with van der Waals surface area (Å²) in [6.45, 7) is 0. The Labute approximate surface area is 50.9 Å². The van der Waals surface area contributed by atoms with Crippen molar-refractivity contribution < 1.29 is 14.3 Å². The molecule has 5 heteroatoms. The molecule has 0 aliphatic carbocycles. The second-order valence-electron chi connectivity index (χ2n) is 0.915. The summed E-state index contributed by atoms with van der Waals surface area (Å²) < 4.78 is 3.97. The van der Waals surface area contributed by atoms with Crippen molar-refractivity contribution in [3.8, 4) is 0 Å². The number of hydrogen-bond acceptors (Lipinski definition) is 3. The lowest BCUT2D eigenvalue weighted by atomic mass is 10.7. The van der Waals surface area contributed by atoms with E-state index in [9.17, 15) is 9.59 Å². The maximum atomic E-state index is 10.0. The van der Waals surface area contributed by atoms with Gasteiger partial charge in [0.05, 0.1) is 7.11 Å². The number of rotatable bonds is 0. The van der Waals surface area contributed by atoms with Crippen molar-refractivity contribution in [2.24, 2.45) is 0 Å². The van der Waals surface area contributed by atoms with E-state index in [-0.39, 0.29) is 0 Å². The second kappa shape index (κ2) is 3.26. The van der Waals surface area contributed by atoms with Crippen LogP contribution in [0.3, 0.4) is 0 Å². The van der Waals surface area contributed by atoms with Crippen molar-refractivity contribution in [3.63, 3.8) is 0 Å². The van der Waals surface area contributed by atoms with Crippen LogP contribution in [0.4, 0.5) is 0 Å². The van der Waals surface area contributed by atoms with Crippen molar-refractivity contribution in [1.29, 1.82) is 0 Å². The van der Waals surface area contributed by atoms with Crippen molar-refractivity contribution in [2.45, 2.75) is 0 Å². The van der Waals surface area contributed by atoms with Gasteiger partial charge in [-0.25, -0.2) is 4.79 Å². The molecular formula is C3H4ClNO3. The summed E-state index contributed by atoms with van der Waals surface area (Å²) in [5, 5.41) is 0. The Kier molecular flexibility index (Phi) is 2.95. The Morgan fingerprint density at radius 3 is 2.25 bits per heavy atom. The van der Waals surface area contributed by atoms with E-state index >= 15 is 0 Å². The van der Waals surface area contributed by atoms with Gasteiger partial charge in [0.15, 0.2) is 0 Å². The van der Waals surface area contributed by atoms with Crippen LogP contribution in [0.2, 0.25) is 0 Å². The molecule has 1 amide bonds. The minimum absolute atomic E-state index is 0.964. The zero-order valence-corrected chi connectivity index (χ0v) is 4.86. The molecule has 0 saturated carbocycles. The molecule has 0 atom stereocenters. The fraction of sp³-hybridized carbons (Fsp3) is 0.333. The highest BCUT2D eigenvalue weighted by Crippen LogP contribution is 1.73. The van der Waals surface area contributed by atoms with Gasteiger partial charge in [0.2, 0.25) is 0 Å². The van der Waals surface area contributed by atoms with E-state index in [0.717, 1.165) is 7.11 Å². The van der Waals surface area contributed by atoms with Crippen LogP contribution in [0, 0.1) is 0 Å². The molecule has 46 valence electrons. The Balaban J connectivity index is 3.64. The topological polar surface area (TPSA) is 55.4 Å². The molecule has 1 N–H and O–H groups in total. The van der Waals surface area contributed by atoms with E-state index in [1.807, 2.05) is 0 Å². The highest BCUT2D eigenvalue weighted by molar-refractivity contribution is 6.40. The predicted molar refractivity (Wildman–Crippen MR) is 26.0 cm³/mol. The van der Waals surface area contributed by atoms with E-state index in [2.05, 4.69) is 4.74 Å². The van der Waals surface area contributed by atoms with Gasteiger partial charge in [0.25, 0.3) is 0 Å². The molecule has 0 aromatic carbocycles. The second-order valence-corrected chi connectivity index (χ2v) is 1.10. The molecule has 0 aliphatic heterocycles. The van der Waals surface area contributed by atoms with Crippen LogP contribution < -0.4 is 4.84 Å². The summed E-state index contributed by atoms with van der Waals surface area (Å²) in [7, 11) is 1.09. The molecule has 0 unspecified atom stereocenters. The number of amides is 1. The van der Waals surface area contributed by atoms with Crippen LogP contribution in [-0.4, -0.2) is 19.0 Å². The first-order valence-electron chi connectivity index (χ1n) is 1.71. The van der Waals surface area contributed by atoms with Crippen molar-refractivity contribution in [1.82, 2.24) is 4.84 Å². The lowest BCUT2D eigenvalue weighted by Crippen LogP contribution is -2.24. The molecule has 0 fully saturated rings. The highest BCUT2D eigenvalue weighted by Gasteiger charge is 2.10. The minimum atomic E-state index is -1.000. The van der Waals surface area contributed by atoms with Gasteiger partial charge in [0, 0.05) is 11.8 Å². The summed E-state index contributed by atoms with van der Waals surface area (Å²) >= 11 is 4.73. The number of hydrogen-bond donors (Lipinski definition) is 1. The lowest BCUT2D eigenvalue weighted by Gasteiger charge is -1.91. The van der Waals surface area contributed by atoms with Crippen LogP contribution in [0.25, 0.3) is 0 Å². The van der Waals surface area contributed by atoms with Gasteiger partial charge >= 0.3 is 11.9 Å². The molecule has 0 spiro atoms. The molecular weight excluding hydrogens is 133 g/mol. The standard InChI is InChI=1S/C3H4ClNO3/c1-8-3(7)2(6)5-4/h1H3,(H,5,6). The Morgan fingerprint density at radius 1 is 1.62 bits per heavy atom. The van der Waals surface area contributed by atoms with Gasteiger partial charge in [0.1, 0.15) is 0 Å². The first kappa shape index (κ1) is 7.23. The molecule has 0 aromatic rings. The summed E-state index contributed by atoms with van der Waals surface area (Å²) in [6.07, 6.45) is 0. The molecule has 0 bridgehead atoms. The third-order valence-electron chi connectivity index (χ3n) is 0.457. The van der Waals surface area contributed by atoms with Gasteiger partial charge in [-0.2, -0.15) is 0 Å². The van der Waals surface area contributed by atoms with Crippen LogP contribution in [0.1, 0.15) is 0 Å². The number of ether oxygens (including phenoxy) is 1. The summed E-state index contributed by atoms with van der Waals surface area (Å²) in [6, 6.07) is 0. The fourth-order valence-corrected chi connectivity index (χ4v) is 0.208. The normalized spacial score (nSPS) is 7.75. The van der Waals surface area contributed by atoms with Crippen LogP contribution in [-0.2, 0) is 14.3 Å². The largest absolute Gasteiger partial charge is 0.462 e. The third kappa shape index (κ3) is 1.79. The zero-order chi connectivity index (χ0) is 6.57. The maximum Gasteiger partial charge on any atom is 0.397 e. The molecule has 0 rings (SSSR count). The van der Waals surface area contributed by atoms with Crippen LogP contribution in [0.5, 0.6) is 0 Å². The van der Waals surface area contributed by atoms with E-state index in [1.54, 1.807) is 4.84 Å². The molecule has 4 nitrogen and oxygen atoms in total. The number of methoxy groups -OCH3 is 1. The van der Waals surface area contributed by atoms with E-state index in [4.69, 9.17) is 11.8 Å². The lowest BCUT2D eigenvalue weighted by molar-refractivity contribution is -0.151. The SMILES string of the molecule is COC(=O)C(=O)NCl. The molecule has 0 aromatic heterocycles. The van der Waals surface area contributed by atoms with E-state index in [1.165, 1.54) is 0 Å². The highest BCUT2D eigenvalue weighted by atomic mass is 35.5. The first-order valence-corrected chi connectivity index (χ1v) is 2.09. The van der Waals surface area contributed by atoms with Crippen LogP contribution in [0.15, 0.2) is 0 Å². The van der Waals surface area contributed by atoms with Crippen molar-refractivity contribution >= 4 is 23.7 Å². The Bertz CT molecular complexity index is 99.1. The van der Waals surface area contributed by atoms with E-state index < -0.39 is 11.9 Å². The average Bonchev–Trinajstić information content (AvgIpc) is 1.84. The van der Waals surface area contributed by atoms with Gasteiger partial charge in [-0.1, -0.05) is 0 Å². The predicted octanol–water partition coefficient (Wildman–Crippen LogP) is -0.571. The molecule has 0 saturated heterocycles. The number of carbonyl (C=O) groups is 2. The van der Waals surface area contributed by atoms with Gasteiger partial charge in [-0.05, 0) is 0 Å². The van der Waals surface area contributed by atoms with Crippen LogP contribution >= 0.6 is 11.8 Å². The zero-order valence-electron chi connectivity index (χ0n) is 4.10. The maximum absolute atomic E-state index is 10.0. The monoisotopic (exact) mass is 137 g/mol. The summed E-state index contributed by atoms with van der Waals surface area (Å²) in [4.78, 5) is 21.6. The number of halogens is 1. The van der Waals surface area contributed by atoms with Gasteiger partial charge in [-0.15, -0.1) is 0 Å². The smallest absolute Gasteiger partial charge is 0.397 e. The number of carbonyl (C=O) groups excluding carboxylic acids is 2. The first-order chi connectivity index (χ1) is 3.72. The van der Waals surface area contributed by atoms with Gasteiger partial charge < -0.3 is 4.74 Å². The van der Waals surface area contributed by atoms with Crippen molar-refractivity contribution in [3.05, 3.63) is 0 Å². The van der Waals surface area contributed by atoms with E-state index in [0.29, 0.717) is 0 Å². The quantitative estimate of drug-likeness (QED) is 0.276. The fourth-order valence-electron chi connectivity index (χ4n) is 0.131. The number of esters is 1. The number of nitrogens with one attached hydrogen (secondary N) is 1. The molecule has 8 heavy (non-hydrogen) atoms. The molecule has 0 radical (unpaired) electrons. The molecule has 0 heterocycles. The minimum Gasteiger partial charge on any atom is -0.462 e. The van der Waals surface area contributed by atoms with Gasteiger partial charge in [-0.3, -0.25) is 9.63 Å². The average molecular weight is 138 g/mol. The molecule has 0 aliphatic rings.